The van der Waals surface area contributed by atoms with E-state index in [1.807, 2.05) is 37.4 Å². The van der Waals surface area contributed by atoms with Crippen molar-refractivity contribution in [3.05, 3.63) is 77.6 Å². The van der Waals surface area contributed by atoms with Crippen molar-refractivity contribution < 1.29 is 9.32 Å². The minimum Gasteiger partial charge on any atom is -0.361 e. The Balaban J connectivity index is 1.26. The van der Waals surface area contributed by atoms with Crippen molar-refractivity contribution in [2.75, 3.05) is 6.54 Å². The molecule has 5 aromatic rings. The molecule has 1 amide bonds. The topological polar surface area (TPSA) is 115 Å². The zero-order valence-electron chi connectivity index (χ0n) is 17.7. The molecule has 32 heavy (non-hydrogen) atoms. The van der Waals surface area contributed by atoms with Crippen molar-refractivity contribution in [1.82, 2.24) is 35.2 Å². The maximum Gasteiger partial charge on any atom is 0.259 e. The van der Waals surface area contributed by atoms with E-state index in [0.29, 0.717) is 35.3 Å². The molecule has 4 aromatic heterocycles. The highest BCUT2D eigenvalue weighted by atomic mass is 16.5. The highest BCUT2D eigenvalue weighted by molar-refractivity contribution is 5.95. The number of nitrogens with one attached hydrogen (secondary N) is 2. The van der Waals surface area contributed by atoms with Gasteiger partial charge in [0.25, 0.3) is 11.8 Å². The number of amides is 1. The Hall–Kier alpha value is -4.27. The molecule has 5 rings (SSSR count). The van der Waals surface area contributed by atoms with Crippen LogP contribution in [0.15, 0.2) is 59.5 Å². The van der Waals surface area contributed by atoms with Crippen molar-refractivity contribution in [2.24, 2.45) is 0 Å². The van der Waals surface area contributed by atoms with E-state index in [2.05, 4.69) is 36.6 Å². The first-order valence-electron chi connectivity index (χ1n) is 10.2. The maximum atomic E-state index is 12.7. The fourth-order valence-corrected chi connectivity index (χ4v) is 3.66. The van der Waals surface area contributed by atoms with Crippen LogP contribution in [0.4, 0.5) is 0 Å². The Bertz CT molecular complexity index is 1400. The number of hydrogen-bond acceptors (Lipinski definition) is 6. The van der Waals surface area contributed by atoms with Gasteiger partial charge in [-0.25, -0.2) is 9.67 Å². The molecular formula is C23H21N7O2. The Morgan fingerprint density at radius 2 is 2.03 bits per heavy atom. The number of H-pyrrole nitrogens is 1. The summed E-state index contributed by atoms with van der Waals surface area (Å²) in [6, 6.07) is 11.8. The summed E-state index contributed by atoms with van der Waals surface area (Å²) in [5.41, 5.74) is 4.22. The smallest absolute Gasteiger partial charge is 0.259 e. The molecule has 0 aliphatic heterocycles. The van der Waals surface area contributed by atoms with Crippen LogP contribution in [0.25, 0.3) is 28.2 Å². The lowest BCUT2D eigenvalue weighted by Gasteiger charge is -2.06. The third-order valence-electron chi connectivity index (χ3n) is 5.35. The molecule has 2 N–H and O–H groups in total. The molecule has 160 valence electrons. The van der Waals surface area contributed by atoms with Gasteiger partial charge in [0, 0.05) is 29.8 Å². The van der Waals surface area contributed by atoms with Crippen LogP contribution in [-0.2, 0) is 6.42 Å². The van der Waals surface area contributed by atoms with Crippen molar-refractivity contribution >= 4 is 16.8 Å². The van der Waals surface area contributed by atoms with Gasteiger partial charge in [-0.1, -0.05) is 23.4 Å². The van der Waals surface area contributed by atoms with E-state index < -0.39 is 0 Å². The Morgan fingerprint density at radius 3 is 2.81 bits per heavy atom. The molecule has 0 fully saturated rings. The zero-order chi connectivity index (χ0) is 22.1. The van der Waals surface area contributed by atoms with Gasteiger partial charge >= 0.3 is 0 Å². The van der Waals surface area contributed by atoms with Gasteiger partial charge < -0.3 is 14.8 Å². The summed E-state index contributed by atoms with van der Waals surface area (Å²) in [5.74, 6) is 1.41. The molecule has 9 nitrogen and oxygen atoms in total. The standard InChI is InChI=1S/C23H21N7O2/c1-14-19(22(31)24-10-9-16-11-25-20-6-4-3-5-18(16)20)13-27-30(14)21-8-7-17(12-26-21)23-28-15(2)29-32-23/h3-8,11-13,25H,9-10H2,1-2H3,(H,24,31). The lowest BCUT2D eigenvalue weighted by atomic mass is 10.1. The van der Waals surface area contributed by atoms with Crippen molar-refractivity contribution in [3.63, 3.8) is 0 Å². The van der Waals surface area contributed by atoms with Gasteiger partial charge in [-0.3, -0.25) is 4.79 Å². The SMILES string of the molecule is Cc1noc(-c2ccc(-n3ncc(C(=O)NCCc4c[nH]c5ccccc45)c3C)nc2)n1. The highest BCUT2D eigenvalue weighted by Gasteiger charge is 2.16. The fraction of sp³-hybridized carbons (Fsp3) is 0.174. The lowest BCUT2D eigenvalue weighted by molar-refractivity contribution is 0.0953. The summed E-state index contributed by atoms with van der Waals surface area (Å²) >= 11 is 0. The number of aromatic amines is 1. The molecule has 0 unspecified atom stereocenters. The van der Waals surface area contributed by atoms with Crippen LogP contribution in [0.3, 0.4) is 0 Å². The molecule has 9 heteroatoms. The fourth-order valence-electron chi connectivity index (χ4n) is 3.66. The van der Waals surface area contributed by atoms with Crippen LogP contribution in [0.2, 0.25) is 0 Å². The van der Waals surface area contributed by atoms with Crippen molar-refractivity contribution in [1.29, 1.82) is 0 Å². The normalized spacial score (nSPS) is 11.2. The highest BCUT2D eigenvalue weighted by Crippen LogP contribution is 2.19. The second-order valence-corrected chi connectivity index (χ2v) is 7.47. The number of pyridine rings is 1. The number of carbonyl (C=O) groups excluding carboxylic acids is 1. The summed E-state index contributed by atoms with van der Waals surface area (Å²) in [6.45, 7) is 4.13. The molecule has 0 atom stereocenters. The zero-order valence-corrected chi connectivity index (χ0v) is 17.7. The van der Waals surface area contributed by atoms with E-state index in [-0.39, 0.29) is 5.91 Å². The summed E-state index contributed by atoms with van der Waals surface area (Å²) in [5, 5.41) is 12.3. The minimum atomic E-state index is -0.161. The molecule has 0 saturated carbocycles. The number of carbonyl (C=O) groups is 1. The average molecular weight is 427 g/mol. The minimum absolute atomic E-state index is 0.161. The number of aromatic nitrogens is 6. The Morgan fingerprint density at radius 1 is 1.16 bits per heavy atom. The molecule has 0 saturated heterocycles. The van der Waals surface area contributed by atoms with Crippen LogP contribution in [0.5, 0.6) is 0 Å². The van der Waals surface area contributed by atoms with Gasteiger partial charge in [0.05, 0.1) is 23.0 Å². The molecule has 0 spiro atoms. The van der Waals surface area contributed by atoms with Crippen LogP contribution < -0.4 is 5.32 Å². The maximum absolute atomic E-state index is 12.7. The molecule has 0 radical (unpaired) electrons. The Labute approximate surface area is 183 Å². The van der Waals surface area contributed by atoms with Crippen LogP contribution in [0, 0.1) is 13.8 Å². The van der Waals surface area contributed by atoms with Gasteiger partial charge in [-0.05, 0) is 44.0 Å². The van der Waals surface area contributed by atoms with Gasteiger partial charge in [0.1, 0.15) is 0 Å². The van der Waals surface area contributed by atoms with E-state index in [0.717, 1.165) is 17.5 Å². The number of rotatable bonds is 6. The molecule has 0 aliphatic rings. The first kappa shape index (κ1) is 19.7. The number of aryl methyl sites for hydroxylation is 1. The van der Waals surface area contributed by atoms with Crippen LogP contribution in [0.1, 0.15) is 27.4 Å². The van der Waals surface area contributed by atoms with Crippen LogP contribution in [-0.4, -0.2) is 42.3 Å². The van der Waals surface area contributed by atoms with Gasteiger partial charge in [-0.2, -0.15) is 10.1 Å². The molecule has 1 aromatic carbocycles. The largest absolute Gasteiger partial charge is 0.361 e. The molecular weight excluding hydrogens is 406 g/mol. The van der Waals surface area contributed by atoms with E-state index in [1.54, 1.807) is 30.1 Å². The van der Waals surface area contributed by atoms with E-state index in [4.69, 9.17) is 4.52 Å². The number of benzene rings is 1. The van der Waals surface area contributed by atoms with Gasteiger partial charge in [-0.15, -0.1) is 0 Å². The van der Waals surface area contributed by atoms with Crippen LogP contribution >= 0.6 is 0 Å². The Kier molecular flexibility index (Phi) is 4.98. The third kappa shape index (κ3) is 3.64. The summed E-state index contributed by atoms with van der Waals surface area (Å²) < 4.78 is 6.80. The van der Waals surface area contributed by atoms with Crippen molar-refractivity contribution in [2.45, 2.75) is 20.3 Å². The number of hydrogen-bond donors (Lipinski definition) is 2. The first-order chi connectivity index (χ1) is 15.6. The van der Waals surface area contributed by atoms with Crippen molar-refractivity contribution in [3.8, 4) is 17.3 Å². The number of fused-ring (bicyclic) bond motifs is 1. The third-order valence-corrected chi connectivity index (χ3v) is 5.35. The average Bonchev–Trinajstić information content (AvgIpc) is 3.53. The predicted molar refractivity (Wildman–Crippen MR) is 118 cm³/mol. The first-order valence-corrected chi connectivity index (χ1v) is 10.2. The number of para-hydroxylation sites is 1. The molecule has 4 heterocycles. The summed E-state index contributed by atoms with van der Waals surface area (Å²) in [6.07, 6.45) is 5.93. The van der Waals surface area contributed by atoms with Gasteiger partial charge in [0.2, 0.25) is 0 Å². The predicted octanol–water partition coefficient (Wildman–Crippen LogP) is 3.39. The number of nitrogens with zero attached hydrogens (tertiary/aromatic N) is 5. The lowest BCUT2D eigenvalue weighted by Crippen LogP contribution is -2.26. The summed E-state index contributed by atoms with van der Waals surface area (Å²) in [4.78, 5) is 24.6. The second kappa shape index (κ2) is 8.10. The second-order valence-electron chi connectivity index (χ2n) is 7.47. The molecule has 0 bridgehead atoms. The molecule has 0 aliphatic carbocycles. The monoisotopic (exact) mass is 427 g/mol. The summed E-state index contributed by atoms with van der Waals surface area (Å²) in [7, 11) is 0. The van der Waals surface area contributed by atoms with Gasteiger partial charge in [0.15, 0.2) is 11.6 Å². The van der Waals surface area contributed by atoms with E-state index >= 15 is 0 Å². The van der Waals surface area contributed by atoms with E-state index in [9.17, 15) is 4.79 Å². The quantitative estimate of drug-likeness (QED) is 0.429. The van der Waals surface area contributed by atoms with E-state index in [1.165, 1.54) is 10.9 Å².